The molecule has 1 rings (SSSR count). The van der Waals surface area contributed by atoms with Gasteiger partial charge in [0.25, 0.3) is 0 Å². The summed E-state index contributed by atoms with van der Waals surface area (Å²) in [6, 6.07) is 7.80. The van der Waals surface area contributed by atoms with Gasteiger partial charge in [-0.1, -0.05) is 30.4 Å². The molecule has 0 fully saturated rings. The highest BCUT2D eigenvalue weighted by Gasteiger charge is 2.14. The minimum Gasteiger partial charge on any atom is -0.490 e. The third kappa shape index (κ3) is 7.40. The molecule has 0 unspecified atom stereocenters. The quantitative estimate of drug-likeness (QED) is 0.891. The van der Waals surface area contributed by atoms with Crippen LogP contribution in [0.15, 0.2) is 30.3 Å². The van der Waals surface area contributed by atoms with E-state index in [9.17, 15) is 4.79 Å². The minimum atomic E-state index is -0.481. The van der Waals surface area contributed by atoms with Gasteiger partial charge in [0.05, 0.1) is 6.10 Å². The molecule has 0 aliphatic heterocycles. The summed E-state index contributed by atoms with van der Waals surface area (Å²) in [4.78, 5) is 11.5. The first-order chi connectivity index (χ1) is 9.78. The molecule has 0 aliphatic carbocycles. The van der Waals surface area contributed by atoms with Crippen LogP contribution in [0.3, 0.4) is 0 Å². The van der Waals surface area contributed by atoms with Crippen molar-refractivity contribution in [3.05, 3.63) is 35.9 Å². The average molecular weight is 291 g/mol. The molecule has 0 bridgehead atoms. The predicted octanol–water partition coefficient (Wildman–Crippen LogP) is 4.01. The average Bonchev–Trinajstić information content (AvgIpc) is 2.33. The maximum absolute atomic E-state index is 11.5. The fourth-order valence-electron chi connectivity index (χ4n) is 1.62. The highest BCUT2D eigenvalue weighted by molar-refractivity contribution is 5.68. The van der Waals surface area contributed by atoms with Crippen molar-refractivity contribution in [1.29, 1.82) is 0 Å². The van der Waals surface area contributed by atoms with Crippen LogP contribution in [0.4, 0.5) is 4.79 Å². The van der Waals surface area contributed by atoms with E-state index >= 15 is 0 Å². The van der Waals surface area contributed by atoms with Gasteiger partial charge in [-0.15, -0.1) is 0 Å². The van der Waals surface area contributed by atoms with E-state index in [1.165, 1.54) is 0 Å². The van der Waals surface area contributed by atoms with Crippen LogP contribution in [-0.4, -0.2) is 24.3 Å². The van der Waals surface area contributed by atoms with Crippen molar-refractivity contribution in [2.75, 3.05) is 6.54 Å². The summed E-state index contributed by atoms with van der Waals surface area (Å²) in [6.45, 7) is 9.89. The summed E-state index contributed by atoms with van der Waals surface area (Å²) in [5.74, 6) is 0.834. The SMILES string of the molecule is CC(C)Oc1ccccc1C=CCNC(=O)OC(C)(C)C. The van der Waals surface area contributed by atoms with E-state index in [0.29, 0.717) is 6.54 Å². The van der Waals surface area contributed by atoms with Gasteiger partial charge in [-0.2, -0.15) is 0 Å². The highest BCUT2D eigenvalue weighted by atomic mass is 16.6. The Morgan fingerprint density at radius 3 is 2.57 bits per heavy atom. The number of alkyl carbamates (subject to hydrolysis) is 1. The molecule has 0 saturated heterocycles. The lowest BCUT2D eigenvalue weighted by atomic mass is 10.2. The molecule has 21 heavy (non-hydrogen) atoms. The first-order valence-corrected chi connectivity index (χ1v) is 7.17. The molecule has 0 heterocycles. The van der Waals surface area contributed by atoms with Crippen LogP contribution in [-0.2, 0) is 4.74 Å². The van der Waals surface area contributed by atoms with Crippen molar-refractivity contribution in [1.82, 2.24) is 5.32 Å². The van der Waals surface area contributed by atoms with Crippen LogP contribution in [0.2, 0.25) is 0 Å². The number of hydrogen-bond acceptors (Lipinski definition) is 3. The van der Waals surface area contributed by atoms with Crippen LogP contribution in [0.25, 0.3) is 6.08 Å². The van der Waals surface area contributed by atoms with Crippen LogP contribution in [0.1, 0.15) is 40.2 Å². The maximum Gasteiger partial charge on any atom is 0.407 e. The molecule has 116 valence electrons. The van der Waals surface area contributed by atoms with Gasteiger partial charge in [-0.05, 0) is 40.7 Å². The molecule has 4 nitrogen and oxygen atoms in total. The molecule has 0 aromatic heterocycles. The normalized spacial score (nSPS) is 11.7. The van der Waals surface area contributed by atoms with Gasteiger partial charge in [0.15, 0.2) is 0 Å². The van der Waals surface area contributed by atoms with E-state index in [2.05, 4.69) is 5.32 Å². The third-order valence-electron chi connectivity index (χ3n) is 2.34. The number of rotatable bonds is 5. The van der Waals surface area contributed by atoms with Crippen LogP contribution in [0.5, 0.6) is 5.75 Å². The Morgan fingerprint density at radius 1 is 1.29 bits per heavy atom. The number of ether oxygens (including phenoxy) is 2. The molecule has 0 radical (unpaired) electrons. The van der Waals surface area contributed by atoms with Gasteiger partial charge in [0.2, 0.25) is 0 Å². The Morgan fingerprint density at radius 2 is 1.95 bits per heavy atom. The number of hydrogen-bond donors (Lipinski definition) is 1. The lowest BCUT2D eigenvalue weighted by Gasteiger charge is -2.19. The van der Waals surface area contributed by atoms with Crippen LogP contribution in [0, 0.1) is 0 Å². The number of nitrogens with one attached hydrogen (secondary N) is 1. The largest absolute Gasteiger partial charge is 0.490 e. The van der Waals surface area contributed by atoms with Gasteiger partial charge in [0, 0.05) is 12.1 Å². The van der Waals surface area contributed by atoms with Crippen molar-refractivity contribution in [3.8, 4) is 5.75 Å². The summed E-state index contributed by atoms with van der Waals surface area (Å²) >= 11 is 0. The predicted molar refractivity (Wildman–Crippen MR) is 85.5 cm³/mol. The molecule has 1 amide bonds. The minimum absolute atomic E-state index is 0.124. The zero-order valence-corrected chi connectivity index (χ0v) is 13.5. The number of benzene rings is 1. The summed E-state index contributed by atoms with van der Waals surface area (Å²) in [6.07, 6.45) is 3.50. The molecule has 0 atom stereocenters. The van der Waals surface area contributed by atoms with Crippen LogP contribution < -0.4 is 10.1 Å². The lowest BCUT2D eigenvalue weighted by Crippen LogP contribution is -2.32. The second kappa shape index (κ2) is 7.72. The Hall–Kier alpha value is -1.97. The number of amides is 1. The van der Waals surface area contributed by atoms with E-state index in [-0.39, 0.29) is 6.10 Å². The molecule has 1 aromatic carbocycles. The monoisotopic (exact) mass is 291 g/mol. The van der Waals surface area contributed by atoms with Gasteiger partial charge in [0.1, 0.15) is 11.4 Å². The van der Waals surface area contributed by atoms with Crippen molar-refractivity contribution >= 4 is 12.2 Å². The molecule has 0 spiro atoms. The number of carbonyl (C=O) groups excluding carboxylic acids is 1. The van der Waals surface area contributed by atoms with Crippen molar-refractivity contribution in [3.63, 3.8) is 0 Å². The molecule has 1 N–H and O–H groups in total. The first kappa shape index (κ1) is 17.1. The van der Waals surface area contributed by atoms with E-state index < -0.39 is 11.7 Å². The molecule has 4 heteroatoms. The molecular formula is C17H25NO3. The maximum atomic E-state index is 11.5. The molecule has 0 aliphatic rings. The number of carbonyl (C=O) groups is 1. The fraction of sp³-hybridized carbons (Fsp3) is 0.471. The summed E-state index contributed by atoms with van der Waals surface area (Å²) in [5, 5.41) is 2.68. The standard InChI is InChI=1S/C17H25NO3/c1-13(2)20-15-11-7-6-9-14(15)10-8-12-18-16(19)21-17(3,4)5/h6-11,13H,12H2,1-5H3,(H,18,19). The molecule has 0 saturated carbocycles. The summed E-state index contributed by atoms with van der Waals surface area (Å²) in [5.41, 5.74) is 0.503. The van der Waals surface area contributed by atoms with E-state index in [4.69, 9.17) is 9.47 Å². The molecule has 1 aromatic rings. The highest BCUT2D eigenvalue weighted by Crippen LogP contribution is 2.20. The van der Waals surface area contributed by atoms with E-state index in [0.717, 1.165) is 11.3 Å². The van der Waals surface area contributed by atoms with Crippen LogP contribution >= 0.6 is 0 Å². The Kier molecular flexibility index (Phi) is 6.28. The van der Waals surface area contributed by atoms with Crippen molar-refractivity contribution in [2.24, 2.45) is 0 Å². The smallest absolute Gasteiger partial charge is 0.407 e. The third-order valence-corrected chi connectivity index (χ3v) is 2.34. The Labute approximate surface area is 127 Å². The van der Waals surface area contributed by atoms with E-state index in [1.54, 1.807) is 0 Å². The number of para-hydroxylation sites is 1. The van der Waals surface area contributed by atoms with E-state index in [1.807, 2.05) is 71.0 Å². The zero-order chi connectivity index (χ0) is 15.9. The van der Waals surface area contributed by atoms with Crippen molar-refractivity contribution in [2.45, 2.75) is 46.3 Å². The lowest BCUT2D eigenvalue weighted by molar-refractivity contribution is 0.0534. The summed E-state index contributed by atoms with van der Waals surface area (Å²) < 4.78 is 10.9. The molecular weight excluding hydrogens is 266 g/mol. The second-order valence-electron chi connectivity index (χ2n) is 5.99. The summed E-state index contributed by atoms with van der Waals surface area (Å²) in [7, 11) is 0. The van der Waals surface area contributed by atoms with Gasteiger partial charge in [-0.25, -0.2) is 4.79 Å². The van der Waals surface area contributed by atoms with Gasteiger partial charge in [-0.3, -0.25) is 0 Å². The Balaban J connectivity index is 2.52. The topological polar surface area (TPSA) is 47.6 Å². The van der Waals surface area contributed by atoms with Gasteiger partial charge >= 0.3 is 6.09 Å². The van der Waals surface area contributed by atoms with Crippen molar-refractivity contribution < 1.29 is 14.3 Å². The zero-order valence-electron chi connectivity index (χ0n) is 13.5. The fourth-order valence-corrected chi connectivity index (χ4v) is 1.62. The second-order valence-corrected chi connectivity index (χ2v) is 5.99. The first-order valence-electron chi connectivity index (χ1n) is 7.17. The van der Waals surface area contributed by atoms with Gasteiger partial charge < -0.3 is 14.8 Å². The Bertz CT molecular complexity index is 487.